The van der Waals surface area contributed by atoms with E-state index < -0.39 is 0 Å². The van der Waals surface area contributed by atoms with Gasteiger partial charge in [-0.25, -0.2) is 0 Å². The Morgan fingerprint density at radius 3 is 2.56 bits per heavy atom. The van der Waals surface area contributed by atoms with Crippen molar-refractivity contribution in [2.24, 2.45) is 5.73 Å². The van der Waals surface area contributed by atoms with E-state index in [-0.39, 0.29) is 0 Å². The Morgan fingerprint density at radius 1 is 1.67 bits per heavy atom. The topological polar surface area (TPSA) is 49.9 Å². The molecule has 0 atom stereocenters. The second-order valence-corrected chi connectivity index (χ2v) is 3.88. The van der Waals surface area contributed by atoms with Gasteiger partial charge in [0.05, 0.1) is 5.84 Å². The Hall–Kier alpha value is -0.180. The summed E-state index contributed by atoms with van der Waals surface area (Å²) in [6, 6.07) is 0. The highest BCUT2D eigenvalue weighted by molar-refractivity contribution is 7.99. The van der Waals surface area contributed by atoms with Gasteiger partial charge in [0, 0.05) is 12.2 Å². The SMILES string of the molecule is CC(C)SCCC(=N)N. The molecular formula is C6H14N2S. The molecule has 9 heavy (non-hydrogen) atoms. The van der Waals surface area contributed by atoms with Gasteiger partial charge in [0.15, 0.2) is 0 Å². The number of hydrogen-bond acceptors (Lipinski definition) is 2. The summed E-state index contributed by atoms with van der Waals surface area (Å²) in [5.41, 5.74) is 5.15. The average molecular weight is 146 g/mol. The Bertz CT molecular complexity index is 91.1. The van der Waals surface area contributed by atoms with E-state index in [1.807, 2.05) is 11.8 Å². The molecule has 0 rings (SSSR count). The quantitative estimate of drug-likeness (QED) is 0.466. The zero-order valence-corrected chi connectivity index (χ0v) is 6.79. The lowest BCUT2D eigenvalue weighted by Gasteiger charge is -2.01. The lowest BCUT2D eigenvalue weighted by atomic mass is 10.5. The average Bonchev–Trinajstić information content (AvgIpc) is 1.63. The van der Waals surface area contributed by atoms with E-state index in [4.69, 9.17) is 11.1 Å². The minimum absolute atomic E-state index is 0.295. The van der Waals surface area contributed by atoms with Gasteiger partial charge >= 0.3 is 0 Å². The summed E-state index contributed by atoms with van der Waals surface area (Å²) in [6.07, 6.45) is 0.725. The summed E-state index contributed by atoms with van der Waals surface area (Å²) in [4.78, 5) is 0. The highest BCUT2D eigenvalue weighted by Crippen LogP contribution is 2.09. The number of rotatable bonds is 4. The predicted octanol–water partition coefficient (Wildman–Crippen LogP) is 1.45. The zero-order valence-electron chi connectivity index (χ0n) is 5.98. The highest BCUT2D eigenvalue weighted by Gasteiger charge is 1.93. The molecular weight excluding hydrogens is 132 g/mol. The second-order valence-electron chi connectivity index (χ2n) is 2.19. The van der Waals surface area contributed by atoms with Crippen LogP contribution in [0, 0.1) is 5.41 Å². The Morgan fingerprint density at radius 2 is 2.22 bits per heavy atom. The lowest BCUT2D eigenvalue weighted by molar-refractivity contribution is 1.10. The van der Waals surface area contributed by atoms with Gasteiger partial charge in [-0.3, -0.25) is 5.41 Å². The van der Waals surface area contributed by atoms with Gasteiger partial charge in [0.2, 0.25) is 0 Å². The third-order valence-electron chi connectivity index (χ3n) is 0.823. The fourth-order valence-corrected chi connectivity index (χ4v) is 1.21. The maximum atomic E-state index is 6.90. The molecule has 0 spiro atoms. The standard InChI is InChI=1S/C6H14N2S/c1-5(2)9-4-3-6(7)8/h5H,3-4H2,1-2H3,(H3,7,8). The molecule has 0 saturated heterocycles. The van der Waals surface area contributed by atoms with Crippen LogP contribution in [0.1, 0.15) is 20.3 Å². The first-order valence-corrected chi connectivity index (χ1v) is 4.12. The molecule has 0 aromatic carbocycles. The van der Waals surface area contributed by atoms with Crippen LogP contribution in [0.4, 0.5) is 0 Å². The number of hydrogen-bond donors (Lipinski definition) is 2. The van der Waals surface area contributed by atoms with Gasteiger partial charge in [-0.2, -0.15) is 11.8 Å². The van der Waals surface area contributed by atoms with Crippen LogP contribution < -0.4 is 5.73 Å². The van der Waals surface area contributed by atoms with Crippen LogP contribution in [-0.4, -0.2) is 16.8 Å². The van der Waals surface area contributed by atoms with Crippen molar-refractivity contribution in [1.29, 1.82) is 5.41 Å². The van der Waals surface area contributed by atoms with Crippen molar-refractivity contribution < 1.29 is 0 Å². The molecule has 0 saturated carbocycles. The number of thioether (sulfide) groups is 1. The van der Waals surface area contributed by atoms with Crippen molar-refractivity contribution in [3.05, 3.63) is 0 Å². The molecule has 0 heterocycles. The third-order valence-corrected chi connectivity index (χ3v) is 1.93. The second kappa shape index (κ2) is 4.68. The van der Waals surface area contributed by atoms with Crippen LogP contribution >= 0.6 is 11.8 Å². The molecule has 0 fully saturated rings. The zero-order chi connectivity index (χ0) is 7.28. The molecule has 0 aliphatic heterocycles. The van der Waals surface area contributed by atoms with E-state index in [1.165, 1.54) is 0 Å². The summed E-state index contributed by atoms with van der Waals surface area (Å²) in [6.45, 7) is 4.29. The van der Waals surface area contributed by atoms with Crippen molar-refractivity contribution in [2.45, 2.75) is 25.5 Å². The molecule has 3 heteroatoms. The van der Waals surface area contributed by atoms with Gasteiger partial charge in [0.1, 0.15) is 0 Å². The van der Waals surface area contributed by atoms with Crippen LogP contribution in [0.15, 0.2) is 0 Å². The normalized spacial score (nSPS) is 10.1. The van der Waals surface area contributed by atoms with Gasteiger partial charge in [0.25, 0.3) is 0 Å². The largest absolute Gasteiger partial charge is 0.388 e. The third kappa shape index (κ3) is 7.82. The molecule has 0 aromatic rings. The highest BCUT2D eigenvalue weighted by atomic mass is 32.2. The summed E-state index contributed by atoms with van der Waals surface area (Å²) in [7, 11) is 0. The Kier molecular flexibility index (Phi) is 4.58. The van der Waals surface area contributed by atoms with Crippen LogP contribution in [-0.2, 0) is 0 Å². The van der Waals surface area contributed by atoms with Gasteiger partial charge in [-0.15, -0.1) is 0 Å². The summed E-state index contributed by atoms with van der Waals surface area (Å²) in [5.74, 6) is 1.27. The molecule has 0 aliphatic rings. The van der Waals surface area contributed by atoms with E-state index in [0.29, 0.717) is 11.1 Å². The van der Waals surface area contributed by atoms with E-state index in [0.717, 1.165) is 12.2 Å². The minimum Gasteiger partial charge on any atom is -0.388 e. The molecule has 0 radical (unpaired) electrons. The maximum Gasteiger partial charge on any atom is 0.0913 e. The van der Waals surface area contributed by atoms with Crippen LogP contribution in [0.3, 0.4) is 0 Å². The summed E-state index contributed by atoms with van der Waals surface area (Å²) >= 11 is 1.84. The van der Waals surface area contributed by atoms with Crippen molar-refractivity contribution in [3.63, 3.8) is 0 Å². The van der Waals surface area contributed by atoms with E-state index in [2.05, 4.69) is 13.8 Å². The molecule has 0 bridgehead atoms. The van der Waals surface area contributed by atoms with E-state index in [9.17, 15) is 0 Å². The van der Waals surface area contributed by atoms with Crippen LogP contribution in [0.25, 0.3) is 0 Å². The predicted molar refractivity (Wildman–Crippen MR) is 44.1 cm³/mol. The molecule has 0 unspecified atom stereocenters. The van der Waals surface area contributed by atoms with Gasteiger partial charge < -0.3 is 5.73 Å². The number of nitrogens with two attached hydrogens (primary N) is 1. The number of amidine groups is 1. The van der Waals surface area contributed by atoms with Crippen LogP contribution in [0.2, 0.25) is 0 Å². The minimum atomic E-state index is 0.295. The van der Waals surface area contributed by atoms with E-state index >= 15 is 0 Å². The molecule has 2 nitrogen and oxygen atoms in total. The molecule has 54 valence electrons. The monoisotopic (exact) mass is 146 g/mol. The first-order valence-electron chi connectivity index (χ1n) is 3.07. The molecule has 0 aliphatic carbocycles. The molecule has 0 aromatic heterocycles. The lowest BCUT2D eigenvalue weighted by Crippen LogP contribution is -2.10. The molecule has 0 amide bonds. The van der Waals surface area contributed by atoms with Crippen LogP contribution in [0.5, 0.6) is 0 Å². The number of nitrogens with one attached hydrogen (secondary N) is 1. The molecule has 3 N–H and O–H groups in total. The van der Waals surface area contributed by atoms with Crippen molar-refractivity contribution in [1.82, 2.24) is 0 Å². The van der Waals surface area contributed by atoms with Gasteiger partial charge in [-0.05, 0) is 5.25 Å². The Balaban J connectivity index is 3.01. The Labute approximate surface area is 60.7 Å². The van der Waals surface area contributed by atoms with E-state index in [1.54, 1.807) is 0 Å². The van der Waals surface area contributed by atoms with Crippen molar-refractivity contribution in [2.75, 3.05) is 5.75 Å². The van der Waals surface area contributed by atoms with Crippen molar-refractivity contribution in [3.8, 4) is 0 Å². The van der Waals surface area contributed by atoms with Gasteiger partial charge in [-0.1, -0.05) is 13.8 Å². The fourth-order valence-electron chi connectivity index (χ4n) is 0.405. The maximum absolute atomic E-state index is 6.90. The summed E-state index contributed by atoms with van der Waals surface area (Å²) < 4.78 is 0. The van der Waals surface area contributed by atoms with Crippen molar-refractivity contribution >= 4 is 17.6 Å². The first-order chi connectivity index (χ1) is 4.13. The summed E-state index contributed by atoms with van der Waals surface area (Å²) in [5, 5.41) is 7.56. The smallest absolute Gasteiger partial charge is 0.0913 e. The first kappa shape index (κ1) is 8.82. The fraction of sp³-hybridized carbons (Fsp3) is 0.833.